The third-order valence-electron chi connectivity index (χ3n) is 3.42. The Labute approximate surface area is 127 Å². The van der Waals surface area contributed by atoms with E-state index in [1.165, 1.54) is 11.6 Å². The Morgan fingerprint density at radius 2 is 2.00 bits per heavy atom. The summed E-state index contributed by atoms with van der Waals surface area (Å²) in [7, 11) is 1.94. The fourth-order valence-electron chi connectivity index (χ4n) is 2.29. The average Bonchev–Trinajstić information content (AvgIpc) is 2.43. The number of benzene rings is 2. The van der Waals surface area contributed by atoms with E-state index in [-0.39, 0.29) is 11.9 Å². The lowest BCUT2D eigenvalue weighted by molar-refractivity contribution is 0.572. The van der Waals surface area contributed by atoms with Crippen molar-refractivity contribution >= 4 is 21.6 Å². The minimum Gasteiger partial charge on any atom is -0.366 e. The van der Waals surface area contributed by atoms with E-state index in [0.717, 1.165) is 10.2 Å². The van der Waals surface area contributed by atoms with Crippen molar-refractivity contribution in [2.24, 2.45) is 5.73 Å². The van der Waals surface area contributed by atoms with Crippen LogP contribution in [0.4, 0.5) is 10.1 Å². The molecular weight excluding hydrogens is 319 g/mol. The van der Waals surface area contributed by atoms with Crippen LogP contribution in [0.1, 0.15) is 17.2 Å². The molecule has 0 amide bonds. The van der Waals surface area contributed by atoms with Gasteiger partial charge >= 0.3 is 0 Å². The Kier molecular flexibility index (Phi) is 4.78. The molecule has 0 fully saturated rings. The van der Waals surface area contributed by atoms with E-state index >= 15 is 0 Å². The molecule has 2 rings (SSSR count). The highest BCUT2D eigenvalue weighted by Crippen LogP contribution is 2.29. The van der Waals surface area contributed by atoms with Gasteiger partial charge in [-0.15, -0.1) is 0 Å². The minimum absolute atomic E-state index is 0.200. The van der Waals surface area contributed by atoms with Gasteiger partial charge in [0.1, 0.15) is 5.82 Å². The minimum atomic E-state index is -0.233. The smallest absolute Gasteiger partial charge is 0.128 e. The molecule has 20 heavy (non-hydrogen) atoms. The lowest BCUT2D eigenvalue weighted by Crippen LogP contribution is -2.31. The molecule has 0 aromatic heterocycles. The van der Waals surface area contributed by atoms with Crippen molar-refractivity contribution < 1.29 is 4.39 Å². The predicted molar refractivity (Wildman–Crippen MR) is 85.5 cm³/mol. The van der Waals surface area contributed by atoms with Crippen LogP contribution in [-0.4, -0.2) is 13.6 Å². The summed E-state index contributed by atoms with van der Waals surface area (Å²) >= 11 is 3.38. The zero-order valence-corrected chi connectivity index (χ0v) is 13.2. The van der Waals surface area contributed by atoms with E-state index in [1.54, 1.807) is 12.1 Å². The van der Waals surface area contributed by atoms with Gasteiger partial charge in [0.2, 0.25) is 0 Å². The zero-order valence-electron chi connectivity index (χ0n) is 11.6. The van der Waals surface area contributed by atoms with E-state index in [4.69, 9.17) is 5.73 Å². The molecule has 0 radical (unpaired) electrons. The van der Waals surface area contributed by atoms with E-state index in [9.17, 15) is 4.39 Å². The summed E-state index contributed by atoms with van der Waals surface area (Å²) in [5.41, 5.74) is 8.67. The molecule has 2 aromatic carbocycles. The zero-order chi connectivity index (χ0) is 14.7. The monoisotopic (exact) mass is 336 g/mol. The van der Waals surface area contributed by atoms with Gasteiger partial charge in [0.25, 0.3) is 0 Å². The molecule has 0 bridgehead atoms. The van der Waals surface area contributed by atoms with Crippen molar-refractivity contribution in [3.8, 4) is 0 Å². The first-order chi connectivity index (χ1) is 9.52. The Morgan fingerprint density at radius 1 is 1.25 bits per heavy atom. The highest BCUT2D eigenvalue weighted by Gasteiger charge is 2.20. The summed E-state index contributed by atoms with van der Waals surface area (Å²) in [5, 5.41) is 0. The topological polar surface area (TPSA) is 29.3 Å². The second-order valence-electron chi connectivity index (χ2n) is 4.87. The molecule has 0 saturated heterocycles. The predicted octanol–water partition coefficient (Wildman–Crippen LogP) is 4.03. The van der Waals surface area contributed by atoms with Gasteiger partial charge < -0.3 is 10.6 Å². The molecule has 0 heterocycles. The van der Waals surface area contributed by atoms with Crippen LogP contribution < -0.4 is 10.6 Å². The standard InChI is InChI=1S/C16H18BrFN2/c1-11-4-3-5-13(8-11)20(2)16(10-19)14-9-12(17)6-7-15(14)18/h3-9,16H,10,19H2,1-2H3. The van der Waals surface area contributed by atoms with Crippen LogP contribution in [0.2, 0.25) is 0 Å². The number of nitrogens with zero attached hydrogens (tertiary/aromatic N) is 1. The van der Waals surface area contributed by atoms with Crippen molar-refractivity contribution in [1.29, 1.82) is 0 Å². The fourth-order valence-corrected chi connectivity index (χ4v) is 2.67. The maximum Gasteiger partial charge on any atom is 0.128 e. The number of aryl methyl sites for hydroxylation is 1. The second kappa shape index (κ2) is 6.37. The molecule has 0 saturated carbocycles. The molecule has 2 N–H and O–H groups in total. The lowest BCUT2D eigenvalue weighted by Gasteiger charge is -2.30. The van der Waals surface area contributed by atoms with Crippen LogP contribution in [-0.2, 0) is 0 Å². The molecule has 0 aliphatic heterocycles. The molecule has 106 valence electrons. The first-order valence-corrected chi connectivity index (χ1v) is 7.26. The Balaban J connectivity index is 2.39. The van der Waals surface area contributed by atoms with Gasteiger partial charge in [0.05, 0.1) is 6.04 Å². The van der Waals surface area contributed by atoms with E-state index in [1.807, 2.05) is 37.1 Å². The number of rotatable bonds is 4. The van der Waals surface area contributed by atoms with Crippen LogP contribution in [0.3, 0.4) is 0 Å². The number of likely N-dealkylation sites (N-methyl/N-ethyl adjacent to an activating group) is 1. The summed E-state index contributed by atoms with van der Waals surface area (Å²) in [4.78, 5) is 2.01. The van der Waals surface area contributed by atoms with Crippen LogP contribution in [0.25, 0.3) is 0 Å². The molecule has 2 nitrogen and oxygen atoms in total. The van der Waals surface area contributed by atoms with Crippen molar-refractivity contribution in [2.45, 2.75) is 13.0 Å². The van der Waals surface area contributed by atoms with Crippen molar-refractivity contribution in [2.75, 3.05) is 18.5 Å². The fraction of sp³-hybridized carbons (Fsp3) is 0.250. The summed E-state index contributed by atoms with van der Waals surface area (Å²) < 4.78 is 14.9. The molecule has 0 aliphatic carbocycles. The van der Waals surface area contributed by atoms with Crippen molar-refractivity contribution in [3.05, 3.63) is 63.9 Å². The summed E-state index contributed by atoms with van der Waals surface area (Å²) in [5.74, 6) is -0.233. The quantitative estimate of drug-likeness (QED) is 0.913. The molecule has 1 atom stereocenters. The summed E-state index contributed by atoms with van der Waals surface area (Å²) in [6.07, 6.45) is 0. The molecule has 0 spiro atoms. The number of halogens is 2. The number of anilines is 1. The maximum absolute atomic E-state index is 14.1. The SMILES string of the molecule is Cc1cccc(N(C)C(CN)c2cc(Br)ccc2F)c1. The van der Waals surface area contributed by atoms with Crippen LogP contribution >= 0.6 is 15.9 Å². The average molecular weight is 337 g/mol. The second-order valence-corrected chi connectivity index (χ2v) is 5.78. The third kappa shape index (κ3) is 3.19. The van der Waals surface area contributed by atoms with Crippen LogP contribution in [0.5, 0.6) is 0 Å². The highest BCUT2D eigenvalue weighted by molar-refractivity contribution is 9.10. The van der Waals surface area contributed by atoms with E-state index in [2.05, 4.69) is 22.0 Å². The molecule has 1 unspecified atom stereocenters. The molecule has 4 heteroatoms. The van der Waals surface area contributed by atoms with Gasteiger partial charge in [-0.1, -0.05) is 28.1 Å². The Morgan fingerprint density at radius 3 is 2.65 bits per heavy atom. The van der Waals surface area contributed by atoms with Crippen molar-refractivity contribution in [1.82, 2.24) is 0 Å². The van der Waals surface area contributed by atoms with Gasteiger partial charge in [0.15, 0.2) is 0 Å². The number of hydrogen-bond donors (Lipinski definition) is 1. The van der Waals surface area contributed by atoms with E-state index in [0.29, 0.717) is 12.1 Å². The molecular formula is C16H18BrFN2. The Bertz CT molecular complexity index is 601. The van der Waals surface area contributed by atoms with Crippen LogP contribution in [0, 0.1) is 12.7 Å². The van der Waals surface area contributed by atoms with Gasteiger partial charge in [-0.3, -0.25) is 0 Å². The summed E-state index contributed by atoms with van der Waals surface area (Å²) in [6.45, 7) is 2.38. The Hall–Kier alpha value is -1.39. The lowest BCUT2D eigenvalue weighted by atomic mass is 10.0. The van der Waals surface area contributed by atoms with E-state index < -0.39 is 0 Å². The third-order valence-corrected chi connectivity index (χ3v) is 3.91. The van der Waals surface area contributed by atoms with Gasteiger partial charge in [-0.2, -0.15) is 0 Å². The molecule has 2 aromatic rings. The first-order valence-electron chi connectivity index (χ1n) is 6.47. The molecule has 0 aliphatic rings. The summed E-state index contributed by atoms with van der Waals surface area (Å²) in [6, 6.07) is 12.9. The first kappa shape index (κ1) is 15.0. The van der Waals surface area contributed by atoms with Gasteiger partial charge in [-0.25, -0.2) is 4.39 Å². The highest BCUT2D eigenvalue weighted by atomic mass is 79.9. The normalized spacial score (nSPS) is 12.2. The number of hydrogen-bond acceptors (Lipinski definition) is 2. The van der Waals surface area contributed by atoms with Crippen molar-refractivity contribution in [3.63, 3.8) is 0 Å². The number of nitrogens with two attached hydrogens (primary N) is 1. The van der Waals surface area contributed by atoms with Crippen LogP contribution in [0.15, 0.2) is 46.9 Å². The largest absolute Gasteiger partial charge is 0.366 e. The maximum atomic E-state index is 14.1. The van der Waals surface area contributed by atoms with Gasteiger partial charge in [-0.05, 0) is 42.8 Å². The van der Waals surface area contributed by atoms with Gasteiger partial charge in [0, 0.05) is 29.3 Å².